The average molecular weight is 189 g/mol. The van der Waals surface area contributed by atoms with E-state index < -0.39 is 0 Å². The van der Waals surface area contributed by atoms with Crippen molar-refractivity contribution in [1.29, 1.82) is 0 Å². The molecule has 1 aliphatic rings. The van der Waals surface area contributed by atoms with Crippen LogP contribution in [-0.4, -0.2) is 10.8 Å². The first-order chi connectivity index (χ1) is 6.88. The Labute approximate surface area is 84.4 Å². The Hall–Kier alpha value is -1.18. The second kappa shape index (κ2) is 4.36. The van der Waals surface area contributed by atoms with Gasteiger partial charge in [-0.25, -0.2) is 0 Å². The second-order valence-electron chi connectivity index (χ2n) is 3.90. The molecule has 1 fully saturated rings. The van der Waals surface area contributed by atoms with Crippen LogP contribution in [0, 0.1) is 0 Å². The highest BCUT2D eigenvalue weighted by atomic mass is 16.1. The van der Waals surface area contributed by atoms with Gasteiger partial charge in [-0.2, -0.15) is 0 Å². The van der Waals surface area contributed by atoms with Gasteiger partial charge in [0.2, 0.25) is 0 Å². The maximum Gasteiger partial charge on any atom is 0.140 e. The zero-order valence-electron chi connectivity index (χ0n) is 8.28. The van der Waals surface area contributed by atoms with Crippen LogP contribution in [-0.2, 0) is 4.79 Å². The highest BCUT2D eigenvalue weighted by Crippen LogP contribution is 2.28. The predicted octanol–water partition coefficient (Wildman–Crippen LogP) is 2.70. The summed E-state index contributed by atoms with van der Waals surface area (Å²) in [7, 11) is 0. The zero-order chi connectivity index (χ0) is 9.80. The first-order valence-electron chi connectivity index (χ1n) is 5.30. The molecule has 0 amide bonds. The van der Waals surface area contributed by atoms with Gasteiger partial charge >= 0.3 is 0 Å². The van der Waals surface area contributed by atoms with E-state index in [-0.39, 0.29) is 5.92 Å². The van der Waals surface area contributed by atoms with Crippen molar-refractivity contribution in [3.8, 4) is 0 Å². The van der Waals surface area contributed by atoms with Crippen LogP contribution in [0.1, 0.15) is 43.6 Å². The first-order valence-corrected chi connectivity index (χ1v) is 5.30. The number of ketones is 1. The Morgan fingerprint density at radius 2 is 2.21 bits per heavy atom. The topological polar surface area (TPSA) is 30.0 Å². The zero-order valence-corrected chi connectivity index (χ0v) is 8.28. The van der Waals surface area contributed by atoms with Gasteiger partial charge < -0.3 is 0 Å². The molecule has 0 aliphatic heterocycles. The molecule has 1 aromatic heterocycles. The number of carbonyl (C=O) groups excluding carboxylic acids is 1. The third-order valence-electron chi connectivity index (χ3n) is 2.89. The maximum absolute atomic E-state index is 11.8. The van der Waals surface area contributed by atoms with Gasteiger partial charge in [-0.3, -0.25) is 9.78 Å². The van der Waals surface area contributed by atoms with E-state index in [1.54, 1.807) is 6.20 Å². The number of nitrogens with zero attached hydrogens (tertiary/aromatic N) is 1. The molecule has 0 spiro atoms. The molecule has 1 unspecified atom stereocenters. The van der Waals surface area contributed by atoms with E-state index >= 15 is 0 Å². The third-order valence-corrected chi connectivity index (χ3v) is 2.89. The van der Waals surface area contributed by atoms with Gasteiger partial charge in [0, 0.05) is 24.7 Å². The summed E-state index contributed by atoms with van der Waals surface area (Å²) in [5.41, 5.74) is 1.10. The number of Topliss-reactive ketones (excluding diaryl/α,β-unsaturated/α-hetero) is 1. The maximum atomic E-state index is 11.8. The molecule has 1 atom stereocenters. The Morgan fingerprint density at radius 1 is 1.29 bits per heavy atom. The highest BCUT2D eigenvalue weighted by Gasteiger charge is 2.22. The first kappa shape index (κ1) is 9.38. The molecule has 0 radical (unpaired) electrons. The molecule has 0 N–H and O–H groups in total. The molecule has 0 aromatic carbocycles. The monoisotopic (exact) mass is 189 g/mol. The van der Waals surface area contributed by atoms with Crippen LogP contribution < -0.4 is 0 Å². The van der Waals surface area contributed by atoms with Crippen molar-refractivity contribution in [1.82, 2.24) is 4.98 Å². The fourth-order valence-electron chi connectivity index (χ4n) is 2.09. The molecule has 1 aromatic rings. The van der Waals surface area contributed by atoms with E-state index in [2.05, 4.69) is 4.98 Å². The minimum absolute atomic E-state index is 0.117. The standard InChI is InChI=1S/C12H15NO/c14-12-7-3-1-2-6-11(12)10-5-4-8-13-9-10/h4-5,8-9,11H,1-3,6-7H2. The van der Waals surface area contributed by atoms with Crippen molar-refractivity contribution in [3.63, 3.8) is 0 Å². The lowest BCUT2D eigenvalue weighted by atomic mass is 9.92. The van der Waals surface area contributed by atoms with E-state index in [1.807, 2.05) is 18.3 Å². The fourth-order valence-corrected chi connectivity index (χ4v) is 2.09. The molecular weight excluding hydrogens is 174 g/mol. The van der Waals surface area contributed by atoms with Crippen molar-refractivity contribution < 1.29 is 4.79 Å². The molecular formula is C12H15NO. The summed E-state index contributed by atoms with van der Waals surface area (Å²) in [6, 6.07) is 3.92. The molecule has 1 aliphatic carbocycles. The summed E-state index contributed by atoms with van der Waals surface area (Å²) in [5, 5.41) is 0. The summed E-state index contributed by atoms with van der Waals surface area (Å²) in [5.74, 6) is 0.515. The summed E-state index contributed by atoms with van der Waals surface area (Å²) < 4.78 is 0. The van der Waals surface area contributed by atoms with E-state index in [4.69, 9.17) is 0 Å². The highest BCUT2D eigenvalue weighted by molar-refractivity contribution is 5.85. The number of rotatable bonds is 1. The number of hydrogen-bond donors (Lipinski definition) is 0. The summed E-state index contributed by atoms with van der Waals surface area (Å²) >= 11 is 0. The lowest BCUT2D eigenvalue weighted by molar-refractivity contribution is -0.120. The van der Waals surface area contributed by atoms with Crippen molar-refractivity contribution in [3.05, 3.63) is 30.1 Å². The van der Waals surface area contributed by atoms with Gasteiger partial charge in [-0.1, -0.05) is 18.9 Å². The van der Waals surface area contributed by atoms with Crippen LogP contribution in [0.2, 0.25) is 0 Å². The molecule has 74 valence electrons. The number of pyridine rings is 1. The van der Waals surface area contributed by atoms with Crippen LogP contribution in [0.25, 0.3) is 0 Å². The van der Waals surface area contributed by atoms with Gasteiger partial charge in [0.1, 0.15) is 5.78 Å². The Kier molecular flexibility index (Phi) is 2.92. The number of hydrogen-bond acceptors (Lipinski definition) is 2. The molecule has 1 saturated carbocycles. The molecule has 0 saturated heterocycles. The third kappa shape index (κ3) is 2.00. The van der Waals surface area contributed by atoms with Gasteiger partial charge in [-0.05, 0) is 24.5 Å². The fraction of sp³-hybridized carbons (Fsp3) is 0.500. The van der Waals surface area contributed by atoms with Gasteiger partial charge in [0.25, 0.3) is 0 Å². The van der Waals surface area contributed by atoms with Crippen molar-refractivity contribution in [2.45, 2.75) is 38.0 Å². The molecule has 2 rings (SSSR count). The Bertz CT molecular complexity index is 307. The molecule has 0 bridgehead atoms. The van der Waals surface area contributed by atoms with E-state index in [0.717, 1.165) is 24.8 Å². The van der Waals surface area contributed by atoms with Crippen LogP contribution in [0.15, 0.2) is 24.5 Å². The summed E-state index contributed by atoms with van der Waals surface area (Å²) in [6.07, 6.45) is 8.77. The normalized spacial score (nSPS) is 23.1. The van der Waals surface area contributed by atoms with Gasteiger partial charge in [0.05, 0.1) is 0 Å². The second-order valence-corrected chi connectivity index (χ2v) is 3.90. The molecule has 2 heteroatoms. The average Bonchev–Trinajstić information content (AvgIpc) is 2.44. The van der Waals surface area contributed by atoms with Crippen molar-refractivity contribution in [2.75, 3.05) is 0 Å². The van der Waals surface area contributed by atoms with Crippen LogP contribution in [0.4, 0.5) is 0 Å². The lowest BCUT2D eigenvalue weighted by Gasteiger charge is -2.11. The molecule has 14 heavy (non-hydrogen) atoms. The van der Waals surface area contributed by atoms with Crippen LogP contribution >= 0.6 is 0 Å². The minimum Gasteiger partial charge on any atom is -0.299 e. The van der Waals surface area contributed by atoms with E-state index in [1.165, 1.54) is 12.8 Å². The van der Waals surface area contributed by atoms with Gasteiger partial charge in [0.15, 0.2) is 0 Å². The van der Waals surface area contributed by atoms with E-state index in [0.29, 0.717) is 5.78 Å². The van der Waals surface area contributed by atoms with Crippen LogP contribution in [0.5, 0.6) is 0 Å². The Morgan fingerprint density at radius 3 is 3.00 bits per heavy atom. The molecule has 2 nitrogen and oxygen atoms in total. The summed E-state index contributed by atoms with van der Waals surface area (Å²) in [6.45, 7) is 0. The summed E-state index contributed by atoms with van der Waals surface area (Å²) in [4.78, 5) is 15.9. The Balaban J connectivity index is 2.19. The van der Waals surface area contributed by atoms with Gasteiger partial charge in [-0.15, -0.1) is 0 Å². The smallest absolute Gasteiger partial charge is 0.140 e. The van der Waals surface area contributed by atoms with Crippen molar-refractivity contribution >= 4 is 5.78 Å². The quantitative estimate of drug-likeness (QED) is 0.636. The van der Waals surface area contributed by atoms with Crippen LogP contribution in [0.3, 0.4) is 0 Å². The number of carbonyl (C=O) groups is 1. The number of aromatic nitrogens is 1. The lowest BCUT2D eigenvalue weighted by Crippen LogP contribution is -2.10. The molecule has 1 heterocycles. The minimum atomic E-state index is 0.117. The SMILES string of the molecule is O=C1CCCCCC1c1cccnc1. The predicted molar refractivity (Wildman–Crippen MR) is 55.1 cm³/mol. The van der Waals surface area contributed by atoms with E-state index in [9.17, 15) is 4.79 Å². The largest absolute Gasteiger partial charge is 0.299 e. The van der Waals surface area contributed by atoms with Crippen molar-refractivity contribution in [2.24, 2.45) is 0 Å².